The van der Waals surface area contributed by atoms with Crippen LogP contribution < -0.4 is 15.8 Å². The van der Waals surface area contributed by atoms with Gasteiger partial charge in [-0.15, -0.1) is 0 Å². The van der Waals surface area contributed by atoms with Crippen LogP contribution in [0.25, 0.3) is 33.5 Å². The number of anilines is 2. The molecule has 0 spiro atoms. The maximum absolute atomic E-state index is 10.2. The summed E-state index contributed by atoms with van der Waals surface area (Å²) in [5, 5.41) is 18.9. The van der Waals surface area contributed by atoms with E-state index in [0.29, 0.717) is 35.1 Å². The van der Waals surface area contributed by atoms with Crippen LogP contribution in [0.3, 0.4) is 0 Å². The van der Waals surface area contributed by atoms with Gasteiger partial charge in [-0.25, -0.2) is 15.0 Å². The van der Waals surface area contributed by atoms with Crippen molar-refractivity contribution in [3.63, 3.8) is 0 Å². The summed E-state index contributed by atoms with van der Waals surface area (Å²) in [6.45, 7) is 4.11. The number of ether oxygens (including phenoxy) is 1. The van der Waals surface area contributed by atoms with Crippen molar-refractivity contribution in [3.05, 3.63) is 72.7 Å². The van der Waals surface area contributed by atoms with Crippen molar-refractivity contribution in [3.8, 4) is 28.5 Å². The summed E-state index contributed by atoms with van der Waals surface area (Å²) in [7, 11) is 1.85. The molecule has 0 radical (unpaired) electrons. The Morgan fingerprint density at radius 1 is 1.03 bits per heavy atom. The maximum atomic E-state index is 10.2. The van der Waals surface area contributed by atoms with Crippen LogP contribution in [0.2, 0.25) is 0 Å². The highest BCUT2D eigenvalue weighted by atomic mass is 16.5. The number of nitrogens with zero attached hydrogens (tertiary/aromatic N) is 6. The zero-order valence-electron chi connectivity index (χ0n) is 20.9. The number of benzene rings is 1. The third-order valence-corrected chi connectivity index (χ3v) is 5.74. The van der Waals surface area contributed by atoms with Gasteiger partial charge < -0.3 is 20.9 Å². The van der Waals surface area contributed by atoms with Crippen molar-refractivity contribution in [1.82, 2.24) is 29.7 Å². The molecule has 0 aliphatic heterocycles. The molecule has 0 aliphatic carbocycles. The summed E-state index contributed by atoms with van der Waals surface area (Å²) in [6, 6.07) is 17.1. The lowest BCUT2D eigenvalue weighted by Crippen LogP contribution is -2.19. The summed E-state index contributed by atoms with van der Waals surface area (Å²) in [5.74, 6) is 1.05. The van der Waals surface area contributed by atoms with Crippen LogP contribution in [0.1, 0.15) is 19.5 Å². The van der Waals surface area contributed by atoms with E-state index in [1.807, 2.05) is 61.8 Å². The Bertz CT molecular complexity index is 1560. The van der Waals surface area contributed by atoms with Crippen molar-refractivity contribution in [1.29, 1.82) is 0 Å². The minimum Gasteiger partial charge on any atom is -0.473 e. The van der Waals surface area contributed by atoms with Gasteiger partial charge in [0.25, 0.3) is 5.88 Å². The third kappa shape index (κ3) is 5.34. The number of aryl methyl sites for hydroxylation is 1. The number of hydrogen-bond donors (Lipinski definition) is 3. The van der Waals surface area contributed by atoms with Crippen LogP contribution >= 0.6 is 0 Å². The molecular weight excluding hydrogens is 468 g/mol. The van der Waals surface area contributed by atoms with Crippen molar-refractivity contribution in [2.45, 2.75) is 19.4 Å². The Morgan fingerprint density at radius 3 is 2.68 bits per heavy atom. The molecule has 37 heavy (non-hydrogen) atoms. The van der Waals surface area contributed by atoms with Gasteiger partial charge in [-0.2, -0.15) is 5.10 Å². The van der Waals surface area contributed by atoms with Crippen LogP contribution in [-0.2, 0) is 12.6 Å². The first-order chi connectivity index (χ1) is 17.8. The summed E-state index contributed by atoms with van der Waals surface area (Å²) in [4.78, 5) is 18.2. The predicted molar refractivity (Wildman–Crippen MR) is 143 cm³/mol. The number of fused-ring (bicyclic) bond motifs is 1. The van der Waals surface area contributed by atoms with Crippen LogP contribution in [-0.4, -0.2) is 48.0 Å². The number of hydrogen-bond acceptors (Lipinski definition) is 9. The fourth-order valence-electron chi connectivity index (χ4n) is 3.88. The zero-order valence-corrected chi connectivity index (χ0v) is 20.9. The summed E-state index contributed by atoms with van der Waals surface area (Å²) >= 11 is 0. The second kappa shape index (κ2) is 9.82. The topological polar surface area (TPSA) is 137 Å². The Kier molecular flexibility index (Phi) is 6.41. The van der Waals surface area contributed by atoms with Crippen molar-refractivity contribution in [2.75, 3.05) is 24.2 Å². The molecule has 0 saturated carbocycles. The first kappa shape index (κ1) is 24.1. The highest BCUT2D eigenvalue weighted by molar-refractivity contribution is 5.87. The molecule has 0 fully saturated rings. The van der Waals surface area contributed by atoms with Crippen LogP contribution in [0.15, 0.2) is 67.0 Å². The molecule has 5 rings (SSSR count). The largest absolute Gasteiger partial charge is 0.473 e. The maximum Gasteiger partial charge on any atom is 0.257 e. The zero-order chi connectivity index (χ0) is 26.0. The molecule has 0 atom stereocenters. The number of pyridine rings is 2. The van der Waals surface area contributed by atoms with Crippen molar-refractivity contribution < 1.29 is 9.84 Å². The fraction of sp³-hybridized carbons (Fsp3) is 0.222. The number of nitrogen functional groups attached to an aromatic ring is 1. The van der Waals surface area contributed by atoms with Gasteiger partial charge in [0.1, 0.15) is 35.1 Å². The van der Waals surface area contributed by atoms with Gasteiger partial charge in [0.2, 0.25) is 0 Å². The SMILES string of the molecule is Cn1ccc(-c2nc(N)c(OCCNc3cccc(C(C)(C)O)n3)nc2-c2ccc3ncccc3c2)n1. The van der Waals surface area contributed by atoms with E-state index in [0.717, 1.165) is 16.5 Å². The number of nitrogens with one attached hydrogen (secondary N) is 1. The average molecular weight is 497 g/mol. The van der Waals surface area contributed by atoms with Crippen molar-refractivity contribution in [2.24, 2.45) is 7.05 Å². The lowest BCUT2D eigenvalue weighted by Gasteiger charge is -2.17. The quantitative estimate of drug-likeness (QED) is 0.274. The molecule has 1 aromatic carbocycles. The Morgan fingerprint density at radius 2 is 1.89 bits per heavy atom. The van der Waals surface area contributed by atoms with E-state index in [1.165, 1.54) is 0 Å². The van der Waals surface area contributed by atoms with Crippen molar-refractivity contribution >= 4 is 22.5 Å². The predicted octanol–water partition coefficient (Wildman–Crippen LogP) is 3.79. The molecule has 0 saturated heterocycles. The second-order valence-corrected chi connectivity index (χ2v) is 9.14. The molecule has 0 bridgehead atoms. The van der Waals surface area contributed by atoms with E-state index in [1.54, 1.807) is 30.8 Å². The Balaban J connectivity index is 1.40. The molecule has 188 valence electrons. The van der Waals surface area contributed by atoms with E-state index in [-0.39, 0.29) is 18.3 Å². The summed E-state index contributed by atoms with van der Waals surface area (Å²) in [6.07, 6.45) is 3.61. The Hall–Kier alpha value is -4.57. The standard InChI is InChI=1S/C27H28N8O2/c1-27(2,36)21-7-4-8-22(31-21)30-13-15-37-26-25(28)32-24(20-11-14-35(3)34-20)23(33-26)18-9-10-19-17(16-18)6-5-12-29-19/h4-12,14,16,36H,13,15H2,1-3H3,(H2,28,32)(H,30,31). The highest BCUT2D eigenvalue weighted by Gasteiger charge is 2.19. The molecule has 4 N–H and O–H groups in total. The van der Waals surface area contributed by atoms with Gasteiger partial charge >= 0.3 is 0 Å². The molecule has 4 heterocycles. The molecule has 0 amide bonds. The normalized spacial score (nSPS) is 11.6. The summed E-state index contributed by atoms with van der Waals surface area (Å²) < 4.78 is 7.63. The van der Waals surface area contributed by atoms with Gasteiger partial charge in [0.15, 0.2) is 5.82 Å². The van der Waals surface area contributed by atoms with E-state index >= 15 is 0 Å². The molecule has 5 aromatic rings. The van der Waals surface area contributed by atoms with E-state index in [9.17, 15) is 5.11 Å². The molecule has 0 unspecified atom stereocenters. The minimum absolute atomic E-state index is 0.175. The molecule has 10 nitrogen and oxygen atoms in total. The number of nitrogens with two attached hydrogens (primary N) is 1. The van der Waals surface area contributed by atoms with Gasteiger partial charge in [0, 0.05) is 30.4 Å². The number of aromatic nitrogens is 6. The van der Waals surface area contributed by atoms with Gasteiger partial charge in [-0.05, 0) is 50.2 Å². The van der Waals surface area contributed by atoms with Gasteiger partial charge in [-0.1, -0.05) is 18.2 Å². The van der Waals surface area contributed by atoms with E-state index in [2.05, 4.69) is 25.4 Å². The van der Waals surface area contributed by atoms with Gasteiger partial charge in [0.05, 0.1) is 17.8 Å². The van der Waals surface area contributed by atoms with Crippen LogP contribution in [0.5, 0.6) is 5.88 Å². The summed E-state index contributed by atoms with van der Waals surface area (Å²) in [5.41, 5.74) is 9.39. The fourth-order valence-corrected chi connectivity index (χ4v) is 3.88. The van der Waals surface area contributed by atoms with Crippen LogP contribution in [0.4, 0.5) is 11.6 Å². The first-order valence-electron chi connectivity index (χ1n) is 11.9. The molecule has 0 aliphatic rings. The van der Waals surface area contributed by atoms with E-state index in [4.69, 9.17) is 15.5 Å². The first-order valence-corrected chi connectivity index (χ1v) is 11.9. The van der Waals surface area contributed by atoms with Crippen LogP contribution in [0, 0.1) is 0 Å². The average Bonchev–Trinajstić information content (AvgIpc) is 3.32. The third-order valence-electron chi connectivity index (χ3n) is 5.74. The lowest BCUT2D eigenvalue weighted by atomic mass is 10.0. The van der Waals surface area contributed by atoms with Gasteiger partial charge in [-0.3, -0.25) is 9.67 Å². The monoisotopic (exact) mass is 496 g/mol. The molecular formula is C27H28N8O2. The Labute approximate surface area is 214 Å². The number of rotatable bonds is 8. The second-order valence-electron chi connectivity index (χ2n) is 9.14. The lowest BCUT2D eigenvalue weighted by molar-refractivity contribution is 0.0740. The minimum atomic E-state index is -1.02. The number of aliphatic hydroxyl groups is 1. The molecule has 10 heteroatoms. The van der Waals surface area contributed by atoms with E-state index < -0.39 is 5.60 Å². The smallest absolute Gasteiger partial charge is 0.257 e. The highest BCUT2D eigenvalue weighted by Crippen LogP contribution is 2.33. The molecule has 4 aromatic heterocycles.